The van der Waals surface area contributed by atoms with Crippen LogP contribution in [-0.2, 0) is 16.3 Å². The molecule has 0 saturated carbocycles. The highest BCUT2D eigenvalue weighted by atomic mass is 32.2. The quantitative estimate of drug-likeness (QED) is 0.856. The second-order valence-electron chi connectivity index (χ2n) is 5.88. The zero-order valence-corrected chi connectivity index (χ0v) is 12.1. The Balaban J connectivity index is 2.01. The standard InChI is InChI=1S/C14H21NO3S/c1-10-8-12-13(5-2-6-14(12)16)15(10)11-4-3-7-19(17,18)9-11/h8,11,14,16H,2-7,9H2,1H3. The van der Waals surface area contributed by atoms with Crippen LogP contribution in [0.15, 0.2) is 6.07 Å². The normalized spacial score (nSPS) is 30.0. The zero-order chi connectivity index (χ0) is 13.6. The van der Waals surface area contributed by atoms with Crippen LogP contribution in [0.25, 0.3) is 0 Å². The molecule has 5 heteroatoms. The number of rotatable bonds is 1. The van der Waals surface area contributed by atoms with E-state index in [1.165, 1.54) is 5.69 Å². The Morgan fingerprint density at radius 1 is 1.32 bits per heavy atom. The first-order chi connectivity index (χ1) is 8.98. The van der Waals surface area contributed by atoms with E-state index in [1.807, 2.05) is 13.0 Å². The molecule has 1 N–H and O–H groups in total. The van der Waals surface area contributed by atoms with Gasteiger partial charge in [0.2, 0.25) is 0 Å². The van der Waals surface area contributed by atoms with Crippen LogP contribution < -0.4 is 0 Å². The van der Waals surface area contributed by atoms with Crippen molar-refractivity contribution in [2.45, 2.75) is 51.2 Å². The Morgan fingerprint density at radius 2 is 2.11 bits per heavy atom. The van der Waals surface area contributed by atoms with Crippen molar-refractivity contribution in [3.8, 4) is 0 Å². The molecule has 106 valence electrons. The summed E-state index contributed by atoms with van der Waals surface area (Å²) in [5.41, 5.74) is 3.28. The molecule has 2 heterocycles. The highest BCUT2D eigenvalue weighted by molar-refractivity contribution is 7.91. The number of hydrogen-bond acceptors (Lipinski definition) is 3. The van der Waals surface area contributed by atoms with Crippen molar-refractivity contribution in [1.82, 2.24) is 4.57 Å². The van der Waals surface area contributed by atoms with Crippen LogP contribution in [0.5, 0.6) is 0 Å². The summed E-state index contributed by atoms with van der Waals surface area (Å²) in [6.07, 6.45) is 4.07. The summed E-state index contributed by atoms with van der Waals surface area (Å²) in [6, 6.07) is 2.10. The van der Waals surface area contributed by atoms with E-state index in [9.17, 15) is 13.5 Å². The summed E-state index contributed by atoms with van der Waals surface area (Å²) >= 11 is 0. The minimum Gasteiger partial charge on any atom is -0.388 e. The fraction of sp³-hybridized carbons (Fsp3) is 0.714. The van der Waals surface area contributed by atoms with Gasteiger partial charge in [0.1, 0.15) is 0 Å². The number of aliphatic hydroxyl groups is 1. The fourth-order valence-corrected chi connectivity index (χ4v) is 5.29. The lowest BCUT2D eigenvalue weighted by Crippen LogP contribution is -2.29. The SMILES string of the molecule is Cc1cc2c(n1C1CCCS(=O)(=O)C1)CCCC2O. The molecule has 4 nitrogen and oxygen atoms in total. The van der Waals surface area contributed by atoms with Crippen molar-refractivity contribution in [1.29, 1.82) is 0 Å². The zero-order valence-electron chi connectivity index (χ0n) is 11.3. The highest BCUT2D eigenvalue weighted by Crippen LogP contribution is 2.36. The Kier molecular flexibility index (Phi) is 3.21. The Hall–Kier alpha value is -0.810. The van der Waals surface area contributed by atoms with E-state index in [-0.39, 0.29) is 17.9 Å². The van der Waals surface area contributed by atoms with Gasteiger partial charge >= 0.3 is 0 Å². The van der Waals surface area contributed by atoms with Crippen LogP contribution in [0.2, 0.25) is 0 Å². The molecule has 2 atom stereocenters. The topological polar surface area (TPSA) is 59.3 Å². The van der Waals surface area contributed by atoms with Crippen LogP contribution >= 0.6 is 0 Å². The summed E-state index contributed by atoms with van der Waals surface area (Å²) < 4.78 is 25.9. The van der Waals surface area contributed by atoms with E-state index in [0.29, 0.717) is 5.75 Å². The van der Waals surface area contributed by atoms with Crippen LogP contribution in [-0.4, -0.2) is 29.6 Å². The van der Waals surface area contributed by atoms with E-state index in [4.69, 9.17) is 0 Å². The average Bonchev–Trinajstić information content (AvgIpc) is 2.66. The van der Waals surface area contributed by atoms with Gasteiger partial charge in [-0.2, -0.15) is 0 Å². The van der Waals surface area contributed by atoms with Crippen molar-refractivity contribution in [2.24, 2.45) is 0 Å². The molecule has 19 heavy (non-hydrogen) atoms. The molecule has 2 unspecified atom stereocenters. The second-order valence-corrected chi connectivity index (χ2v) is 8.10. The third-order valence-electron chi connectivity index (χ3n) is 4.42. The molecule has 1 aromatic heterocycles. The molecule has 1 aliphatic heterocycles. The summed E-state index contributed by atoms with van der Waals surface area (Å²) in [4.78, 5) is 0. The number of sulfone groups is 1. The Labute approximate surface area is 114 Å². The lowest BCUT2D eigenvalue weighted by Gasteiger charge is -2.29. The van der Waals surface area contributed by atoms with Gasteiger partial charge in [0.25, 0.3) is 0 Å². The van der Waals surface area contributed by atoms with Crippen LogP contribution in [0, 0.1) is 6.92 Å². The van der Waals surface area contributed by atoms with E-state index < -0.39 is 9.84 Å². The second kappa shape index (κ2) is 4.63. The van der Waals surface area contributed by atoms with Gasteiger partial charge in [0.15, 0.2) is 9.84 Å². The third-order valence-corrected chi connectivity index (χ3v) is 6.23. The largest absolute Gasteiger partial charge is 0.388 e. The number of aromatic nitrogens is 1. The predicted octanol–water partition coefficient (Wildman–Crippen LogP) is 1.92. The molecule has 1 aliphatic carbocycles. The van der Waals surface area contributed by atoms with Crippen LogP contribution in [0.3, 0.4) is 0 Å². The van der Waals surface area contributed by atoms with Gasteiger partial charge in [-0.05, 0) is 45.1 Å². The van der Waals surface area contributed by atoms with Gasteiger partial charge in [-0.1, -0.05) is 0 Å². The monoisotopic (exact) mass is 283 g/mol. The van der Waals surface area contributed by atoms with Crippen molar-refractivity contribution < 1.29 is 13.5 Å². The minimum atomic E-state index is -2.90. The molecule has 2 aliphatic rings. The molecule has 0 radical (unpaired) electrons. The fourth-order valence-electron chi connectivity index (χ4n) is 3.61. The molecular formula is C14H21NO3S. The molecule has 0 bridgehead atoms. The summed E-state index contributed by atoms with van der Waals surface area (Å²) in [5.74, 6) is 0.583. The molecule has 0 amide bonds. The van der Waals surface area contributed by atoms with E-state index >= 15 is 0 Å². The van der Waals surface area contributed by atoms with Gasteiger partial charge in [-0.3, -0.25) is 0 Å². The van der Waals surface area contributed by atoms with E-state index in [0.717, 1.165) is 43.4 Å². The first-order valence-electron chi connectivity index (χ1n) is 7.07. The van der Waals surface area contributed by atoms with Gasteiger partial charge < -0.3 is 9.67 Å². The lowest BCUT2D eigenvalue weighted by molar-refractivity contribution is 0.155. The molecule has 1 fully saturated rings. The van der Waals surface area contributed by atoms with Gasteiger partial charge in [-0.15, -0.1) is 0 Å². The summed E-state index contributed by atoms with van der Waals surface area (Å²) in [6.45, 7) is 2.02. The Bertz CT molecular complexity index is 588. The average molecular weight is 283 g/mol. The smallest absolute Gasteiger partial charge is 0.152 e. The van der Waals surface area contributed by atoms with Crippen molar-refractivity contribution in [3.63, 3.8) is 0 Å². The first kappa shape index (κ1) is 13.2. The molecular weight excluding hydrogens is 262 g/mol. The first-order valence-corrected chi connectivity index (χ1v) is 8.89. The number of aryl methyl sites for hydroxylation is 1. The van der Waals surface area contributed by atoms with Crippen molar-refractivity contribution >= 4 is 9.84 Å². The van der Waals surface area contributed by atoms with Crippen molar-refractivity contribution in [3.05, 3.63) is 23.0 Å². The predicted molar refractivity (Wildman–Crippen MR) is 74.0 cm³/mol. The number of hydrogen-bond donors (Lipinski definition) is 1. The van der Waals surface area contributed by atoms with Gasteiger partial charge in [-0.25, -0.2) is 8.42 Å². The third kappa shape index (κ3) is 2.34. The summed E-state index contributed by atoms with van der Waals surface area (Å²) in [5, 5.41) is 10.1. The maximum absolute atomic E-state index is 11.8. The van der Waals surface area contributed by atoms with E-state index in [1.54, 1.807) is 0 Å². The Morgan fingerprint density at radius 3 is 2.84 bits per heavy atom. The van der Waals surface area contributed by atoms with Crippen molar-refractivity contribution in [2.75, 3.05) is 11.5 Å². The maximum Gasteiger partial charge on any atom is 0.152 e. The molecule has 1 aromatic rings. The molecule has 0 aromatic carbocycles. The van der Waals surface area contributed by atoms with E-state index in [2.05, 4.69) is 4.57 Å². The molecule has 0 spiro atoms. The number of aliphatic hydroxyl groups excluding tert-OH is 1. The number of fused-ring (bicyclic) bond motifs is 1. The van der Waals surface area contributed by atoms with Gasteiger partial charge in [0.05, 0.1) is 17.6 Å². The lowest BCUT2D eigenvalue weighted by atomic mass is 9.95. The minimum absolute atomic E-state index is 0.0628. The van der Waals surface area contributed by atoms with Crippen LogP contribution in [0.1, 0.15) is 54.8 Å². The number of nitrogens with zero attached hydrogens (tertiary/aromatic N) is 1. The van der Waals surface area contributed by atoms with Gasteiger partial charge in [0, 0.05) is 23.0 Å². The molecule has 1 saturated heterocycles. The van der Waals surface area contributed by atoms with Crippen LogP contribution in [0.4, 0.5) is 0 Å². The highest BCUT2D eigenvalue weighted by Gasteiger charge is 2.31. The molecule has 3 rings (SSSR count). The maximum atomic E-state index is 11.8. The summed E-state index contributed by atoms with van der Waals surface area (Å²) in [7, 11) is -2.90.